The molecule has 0 saturated carbocycles. The maximum Gasteiger partial charge on any atom is 0.258 e. The summed E-state index contributed by atoms with van der Waals surface area (Å²) in [6, 6.07) is 4.82. The van der Waals surface area contributed by atoms with E-state index in [9.17, 15) is 9.90 Å². The van der Waals surface area contributed by atoms with Gasteiger partial charge < -0.3 is 14.7 Å². The van der Waals surface area contributed by atoms with Crippen molar-refractivity contribution in [3.05, 3.63) is 28.2 Å². The Morgan fingerprint density at radius 2 is 2.37 bits per heavy atom. The molecule has 1 amide bonds. The van der Waals surface area contributed by atoms with Gasteiger partial charge in [0.2, 0.25) is 0 Å². The van der Waals surface area contributed by atoms with E-state index >= 15 is 0 Å². The average molecular weight is 349 g/mol. The molecule has 1 heterocycles. The number of carbonyl (C=O) groups is 1. The molecule has 0 radical (unpaired) electrons. The summed E-state index contributed by atoms with van der Waals surface area (Å²) < 4.78 is 6.24. The van der Waals surface area contributed by atoms with Crippen LogP contribution in [0.25, 0.3) is 0 Å². The van der Waals surface area contributed by atoms with Crippen molar-refractivity contribution in [1.82, 2.24) is 4.90 Å². The van der Waals surface area contributed by atoms with E-state index in [1.165, 1.54) is 6.07 Å². The topological polar surface area (TPSA) is 49.8 Å². The summed E-state index contributed by atoms with van der Waals surface area (Å²) >= 11 is 9.03. The molecule has 0 aromatic heterocycles. The Morgan fingerprint density at radius 1 is 1.63 bits per heavy atom. The summed E-state index contributed by atoms with van der Waals surface area (Å²) in [7, 11) is 0. The molecular weight excluding hydrogens is 334 g/mol. The number of aromatic hydroxyl groups is 1. The molecule has 1 aliphatic heterocycles. The molecule has 6 heteroatoms. The molecule has 1 aromatic carbocycles. The molecule has 2 unspecified atom stereocenters. The fourth-order valence-corrected chi connectivity index (χ4v) is 2.57. The van der Waals surface area contributed by atoms with Crippen molar-refractivity contribution in [2.45, 2.75) is 19.1 Å². The molecule has 1 aliphatic rings. The largest absolute Gasteiger partial charge is 0.507 e. The number of carbonyl (C=O) groups excluding carboxylic acids is 1. The summed E-state index contributed by atoms with van der Waals surface area (Å²) in [5.41, 5.74) is 0.297. The van der Waals surface area contributed by atoms with Gasteiger partial charge in [0.25, 0.3) is 5.91 Å². The summed E-state index contributed by atoms with van der Waals surface area (Å²) in [4.78, 5) is 14.1. The van der Waals surface area contributed by atoms with Crippen LogP contribution in [0.15, 0.2) is 22.7 Å². The number of amides is 1. The number of halogens is 2. The molecule has 0 spiro atoms. The Balaban J connectivity index is 2.22. The van der Waals surface area contributed by atoms with Crippen LogP contribution in [0.2, 0.25) is 0 Å². The van der Waals surface area contributed by atoms with E-state index in [1.54, 1.807) is 17.0 Å². The van der Waals surface area contributed by atoms with Gasteiger partial charge in [0.1, 0.15) is 5.75 Å². The maximum absolute atomic E-state index is 12.5. The van der Waals surface area contributed by atoms with E-state index in [0.717, 1.165) is 4.47 Å². The summed E-state index contributed by atoms with van der Waals surface area (Å²) in [6.45, 7) is 2.82. The minimum Gasteiger partial charge on any atom is -0.507 e. The minimum atomic E-state index is -0.198. The predicted octanol–water partition coefficient (Wildman–Crippen LogP) is 2.62. The molecule has 104 valence electrons. The van der Waals surface area contributed by atoms with E-state index in [-0.39, 0.29) is 23.8 Å². The average Bonchev–Trinajstić information content (AvgIpc) is 2.38. The SMILES string of the molecule is CC1COC(CCl)CN1C(=O)c1ccc(Br)cc1O. The third-order valence-electron chi connectivity index (χ3n) is 3.13. The quantitative estimate of drug-likeness (QED) is 0.836. The van der Waals surface area contributed by atoms with Gasteiger partial charge in [0.15, 0.2) is 0 Å². The molecule has 1 saturated heterocycles. The number of benzene rings is 1. The normalized spacial score (nSPS) is 23.4. The van der Waals surface area contributed by atoms with Crippen molar-refractivity contribution in [1.29, 1.82) is 0 Å². The van der Waals surface area contributed by atoms with Gasteiger partial charge in [-0.3, -0.25) is 4.79 Å². The molecule has 19 heavy (non-hydrogen) atoms. The first-order valence-corrected chi connectivity index (χ1v) is 7.32. The zero-order valence-corrected chi connectivity index (χ0v) is 12.8. The highest BCUT2D eigenvalue weighted by molar-refractivity contribution is 9.10. The summed E-state index contributed by atoms with van der Waals surface area (Å²) in [6.07, 6.45) is -0.153. The molecule has 2 atom stereocenters. The van der Waals surface area contributed by atoms with E-state index in [4.69, 9.17) is 16.3 Å². The third-order valence-corrected chi connectivity index (χ3v) is 3.97. The van der Waals surface area contributed by atoms with Crippen molar-refractivity contribution >= 4 is 33.4 Å². The number of ether oxygens (including phenoxy) is 1. The number of hydrogen-bond donors (Lipinski definition) is 1. The zero-order chi connectivity index (χ0) is 14.0. The molecule has 2 rings (SSSR count). The fraction of sp³-hybridized carbons (Fsp3) is 0.462. The van der Waals surface area contributed by atoms with Crippen molar-refractivity contribution in [2.75, 3.05) is 19.0 Å². The lowest BCUT2D eigenvalue weighted by atomic mass is 10.1. The molecule has 4 nitrogen and oxygen atoms in total. The van der Waals surface area contributed by atoms with Crippen LogP contribution in [0.5, 0.6) is 5.75 Å². The number of phenols is 1. The highest BCUT2D eigenvalue weighted by atomic mass is 79.9. The van der Waals surface area contributed by atoms with Crippen molar-refractivity contribution in [3.63, 3.8) is 0 Å². The van der Waals surface area contributed by atoms with Gasteiger partial charge in [-0.2, -0.15) is 0 Å². The van der Waals surface area contributed by atoms with Crippen LogP contribution in [0, 0.1) is 0 Å². The number of rotatable bonds is 2. The van der Waals surface area contributed by atoms with Crippen molar-refractivity contribution in [3.8, 4) is 5.75 Å². The van der Waals surface area contributed by atoms with Crippen LogP contribution < -0.4 is 0 Å². The van der Waals surface area contributed by atoms with Crippen molar-refractivity contribution < 1.29 is 14.6 Å². The zero-order valence-electron chi connectivity index (χ0n) is 10.5. The second-order valence-corrected chi connectivity index (χ2v) is 5.80. The van der Waals surface area contributed by atoms with Crippen LogP contribution in [0.4, 0.5) is 0 Å². The molecule has 1 fully saturated rings. The molecule has 0 bridgehead atoms. The second-order valence-electron chi connectivity index (χ2n) is 4.58. The van der Waals surface area contributed by atoms with E-state index in [2.05, 4.69) is 15.9 Å². The van der Waals surface area contributed by atoms with Crippen LogP contribution >= 0.6 is 27.5 Å². The Labute approximate surface area is 125 Å². The number of alkyl halides is 1. The molecule has 0 aliphatic carbocycles. The van der Waals surface area contributed by atoms with Gasteiger partial charge in [0, 0.05) is 11.0 Å². The van der Waals surface area contributed by atoms with Gasteiger partial charge in [-0.05, 0) is 25.1 Å². The highest BCUT2D eigenvalue weighted by Gasteiger charge is 2.30. The van der Waals surface area contributed by atoms with E-state index < -0.39 is 0 Å². The Hall–Kier alpha value is -0.780. The molecule has 1 N–H and O–H groups in total. The third kappa shape index (κ3) is 3.22. The number of morpholine rings is 1. The summed E-state index contributed by atoms with van der Waals surface area (Å²) in [5.74, 6) is 0.124. The Morgan fingerprint density at radius 3 is 3.00 bits per heavy atom. The van der Waals surface area contributed by atoms with Crippen LogP contribution in [-0.2, 0) is 4.74 Å². The number of nitrogens with zero attached hydrogens (tertiary/aromatic N) is 1. The lowest BCUT2D eigenvalue weighted by Crippen LogP contribution is -2.51. The van der Waals surface area contributed by atoms with Gasteiger partial charge in [0.05, 0.1) is 30.2 Å². The first kappa shape index (κ1) is 14.6. The van der Waals surface area contributed by atoms with Gasteiger partial charge >= 0.3 is 0 Å². The second kappa shape index (κ2) is 6.11. The van der Waals surface area contributed by atoms with E-state index in [1.807, 2.05) is 6.92 Å². The molecular formula is C13H15BrClNO3. The predicted molar refractivity (Wildman–Crippen MR) is 76.8 cm³/mol. The van der Waals surface area contributed by atoms with E-state index in [0.29, 0.717) is 24.6 Å². The summed E-state index contributed by atoms with van der Waals surface area (Å²) in [5, 5.41) is 9.87. The Bertz CT molecular complexity index is 483. The first-order valence-electron chi connectivity index (χ1n) is 6.00. The van der Waals surface area contributed by atoms with Crippen LogP contribution in [0.3, 0.4) is 0 Å². The Kier molecular flexibility index (Phi) is 4.71. The fourth-order valence-electron chi connectivity index (χ4n) is 2.03. The van der Waals surface area contributed by atoms with Gasteiger partial charge in [-0.1, -0.05) is 15.9 Å². The molecule has 1 aromatic rings. The van der Waals surface area contributed by atoms with Crippen LogP contribution in [-0.4, -0.2) is 47.1 Å². The van der Waals surface area contributed by atoms with Gasteiger partial charge in [-0.25, -0.2) is 0 Å². The lowest BCUT2D eigenvalue weighted by Gasteiger charge is -2.37. The highest BCUT2D eigenvalue weighted by Crippen LogP contribution is 2.25. The maximum atomic E-state index is 12.5. The number of phenolic OH excluding ortho intramolecular Hbond substituents is 1. The minimum absolute atomic E-state index is 0.0273. The smallest absolute Gasteiger partial charge is 0.258 e. The lowest BCUT2D eigenvalue weighted by molar-refractivity contribution is -0.0372. The van der Waals surface area contributed by atoms with Crippen LogP contribution in [0.1, 0.15) is 17.3 Å². The number of hydrogen-bond acceptors (Lipinski definition) is 3. The first-order chi connectivity index (χ1) is 9.02. The standard InChI is InChI=1S/C13H15BrClNO3/c1-8-7-19-10(5-15)6-16(8)13(18)11-3-2-9(14)4-12(11)17/h2-4,8,10,17H,5-7H2,1H3. The van der Waals surface area contributed by atoms with Crippen molar-refractivity contribution in [2.24, 2.45) is 0 Å². The monoisotopic (exact) mass is 347 g/mol. The van der Waals surface area contributed by atoms with Gasteiger partial charge in [-0.15, -0.1) is 11.6 Å².